The van der Waals surface area contributed by atoms with Crippen molar-refractivity contribution >= 4 is 43.7 Å². The van der Waals surface area contributed by atoms with E-state index in [0.29, 0.717) is 5.95 Å². The second-order valence-electron chi connectivity index (χ2n) is 11.7. The van der Waals surface area contributed by atoms with Crippen molar-refractivity contribution in [1.82, 2.24) is 14.5 Å². The molecule has 10 rings (SSSR count). The van der Waals surface area contributed by atoms with Gasteiger partial charge in [0.2, 0.25) is 5.95 Å². The Kier molecular flexibility index (Phi) is 4.37. The zero-order valence-electron chi connectivity index (χ0n) is 22.9. The molecule has 0 amide bonds. The lowest BCUT2D eigenvalue weighted by Crippen LogP contribution is -2.09. The van der Waals surface area contributed by atoms with Gasteiger partial charge in [0, 0.05) is 32.7 Å². The van der Waals surface area contributed by atoms with Crippen LogP contribution in [0.25, 0.3) is 72.2 Å². The summed E-state index contributed by atoms with van der Waals surface area (Å²) < 4.78 is 8.75. The fraction of sp³-hybridized carbons (Fsp3) is 0.105. The van der Waals surface area contributed by atoms with Crippen molar-refractivity contribution in [3.63, 3.8) is 0 Å². The molecule has 0 saturated carbocycles. The number of nitrogens with zero attached hydrogens (tertiary/aromatic N) is 3. The minimum atomic E-state index is 0.686. The Morgan fingerprint density at radius 2 is 1.10 bits per heavy atom. The van der Waals surface area contributed by atoms with Crippen LogP contribution in [0.4, 0.5) is 0 Å². The van der Waals surface area contributed by atoms with Gasteiger partial charge in [0.15, 0.2) is 0 Å². The van der Waals surface area contributed by atoms with Gasteiger partial charge in [-0.05, 0) is 90.4 Å². The zero-order chi connectivity index (χ0) is 27.4. The van der Waals surface area contributed by atoms with Crippen LogP contribution >= 0.6 is 0 Å². The maximum absolute atomic E-state index is 6.48. The molecule has 2 aliphatic rings. The summed E-state index contributed by atoms with van der Waals surface area (Å²) >= 11 is 0. The van der Waals surface area contributed by atoms with Crippen molar-refractivity contribution in [1.29, 1.82) is 0 Å². The number of rotatable bonds is 3. The third kappa shape index (κ3) is 3.07. The minimum Gasteiger partial charge on any atom is -0.456 e. The third-order valence-electron chi connectivity index (χ3n) is 9.39. The normalized spacial score (nSPS) is 13.8. The molecule has 5 aromatic carbocycles. The first-order valence-electron chi connectivity index (χ1n) is 14.8. The molecule has 0 atom stereocenters. The number of fused-ring (bicyclic) bond motifs is 9. The predicted octanol–water partition coefficient (Wildman–Crippen LogP) is 9.00. The van der Waals surface area contributed by atoms with E-state index in [0.717, 1.165) is 70.4 Å². The van der Waals surface area contributed by atoms with Crippen molar-refractivity contribution in [2.75, 3.05) is 0 Å². The molecule has 0 saturated heterocycles. The molecule has 198 valence electrons. The van der Waals surface area contributed by atoms with Gasteiger partial charge in [0.1, 0.15) is 11.2 Å². The van der Waals surface area contributed by atoms with Crippen LogP contribution in [0.15, 0.2) is 108 Å². The van der Waals surface area contributed by atoms with E-state index in [4.69, 9.17) is 14.4 Å². The molecule has 42 heavy (non-hydrogen) atoms. The number of aromatic nitrogens is 3. The number of aryl methyl sites for hydroxylation is 4. The highest BCUT2D eigenvalue weighted by atomic mass is 16.3. The third-order valence-corrected chi connectivity index (χ3v) is 9.39. The van der Waals surface area contributed by atoms with Gasteiger partial charge in [-0.2, -0.15) is 0 Å². The lowest BCUT2D eigenvalue weighted by Gasteiger charge is -2.19. The SMILES string of the molecule is c1ccc(-c2cc(-c3ccccc3)nc(-n3c4cc5c(cc4c4c6c(ccc43)oc3cc4c(cc36)CC4)CC5)n2)cc1. The van der Waals surface area contributed by atoms with E-state index in [1.54, 1.807) is 0 Å². The molecular weight excluding hydrogens is 514 g/mol. The van der Waals surface area contributed by atoms with E-state index in [-0.39, 0.29) is 0 Å². The Morgan fingerprint density at radius 1 is 0.500 bits per heavy atom. The molecule has 2 aliphatic carbocycles. The van der Waals surface area contributed by atoms with Crippen molar-refractivity contribution in [3.05, 3.63) is 125 Å². The topological polar surface area (TPSA) is 43.9 Å². The van der Waals surface area contributed by atoms with E-state index in [1.807, 2.05) is 12.1 Å². The van der Waals surface area contributed by atoms with Crippen LogP contribution in [0.3, 0.4) is 0 Å². The van der Waals surface area contributed by atoms with Gasteiger partial charge in [-0.15, -0.1) is 0 Å². The van der Waals surface area contributed by atoms with Gasteiger partial charge in [0.05, 0.1) is 22.4 Å². The molecule has 0 aliphatic heterocycles. The summed E-state index contributed by atoms with van der Waals surface area (Å²) in [6.45, 7) is 0. The van der Waals surface area contributed by atoms with E-state index in [2.05, 4.69) is 95.6 Å². The maximum atomic E-state index is 6.48. The number of hydrogen-bond donors (Lipinski definition) is 0. The van der Waals surface area contributed by atoms with Gasteiger partial charge in [0.25, 0.3) is 0 Å². The molecule has 0 fully saturated rings. The lowest BCUT2D eigenvalue weighted by atomic mass is 9.86. The smallest absolute Gasteiger partial charge is 0.235 e. The summed E-state index contributed by atoms with van der Waals surface area (Å²) in [5, 5.41) is 4.88. The van der Waals surface area contributed by atoms with Crippen LogP contribution in [0.5, 0.6) is 0 Å². The fourth-order valence-corrected chi connectivity index (χ4v) is 7.02. The maximum Gasteiger partial charge on any atom is 0.235 e. The van der Waals surface area contributed by atoms with E-state index < -0.39 is 0 Å². The van der Waals surface area contributed by atoms with Crippen LogP contribution in [0.2, 0.25) is 0 Å². The number of furan rings is 1. The first-order chi connectivity index (χ1) is 20.8. The highest BCUT2D eigenvalue weighted by Gasteiger charge is 2.25. The highest BCUT2D eigenvalue weighted by Crippen LogP contribution is 2.44. The van der Waals surface area contributed by atoms with Crippen LogP contribution in [-0.4, -0.2) is 14.5 Å². The summed E-state index contributed by atoms with van der Waals surface area (Å²) in [7, 11) is 0. The lowest BCUT2D eigenvalue weighted by molar-refractivity contribution is 0.666. The first kappa shape index (κ1) is 22.5. The largest absolute Gasteiger partial charge is 0.456 e. The van der Waals surface area contributed by atoms with Crippen molar-refractivity contribution in [2.24, 2.45) is 0 Å². The summed E-state index contributed by atoms with van der Waals surface area (Å²) in [6, 6.07) is 36.6. The average molecular weight is 540 g/mol. The first-order valence-corrected chi connectivity index (χ1v) is 14.8. The van der Waals surface area contributed by atoms with E-state index in [9.17, 15) is 0 Å². The van der Waals surface area contributed by atoms with Gasteiger partial charge in [-0.3, -0.25) is 4.57 Å². The zero-order valence-corrected chi connectivity index (χ0v) is 22.9. The molecule has 8 aromatic rings. The van der Waals surface area contributed by atoms with Gasteiger partial charge in [-0.1, -0.05) is 60.7 Å². The highest BCUT2D eigenvalue weighted by molar-refractivity contribution is 6.27. The Morgan fingerprint density at radius 3 is 1.74 bits per heavy atom. The second kappa shape index (κ2) is 8.17. The fourth-order valence-electron chi connectivity index (χ4n) is 7.02. The molecule has 0 N–H and O–H groups in total. The van der Waals surface area contributed by atoms with Crippen LogP contribution in [0.1, 0.15) is 22.3 Å². The molecule has 4 nitrogen and oxygen atoms in total. The Balaban J connectivity index is 1.34. The predicted molar refractivity (Wildman–Crippen MR) is 169 cm³/mol. The van der Waals surface area contributed by atoms with E-state index >= 15 is 0 Å². The summed E-state index contributed by atoms with van der Waals surface area (Å²) in [6.07, 6.45) is 4.53. The van der Waals surface area contributed by atoms with Crippen LogP contribution < -0.4 is 0 Å². The van der Waals surface area contributed by atoms with Gasteiger partial charge < -0.3 is 4.42 Å². The Bertz CT molecular complexity index is 2340. The quantitative estimate of drug-likeness (QED) is 0.225. The summed E-state index contributed by atoms with van der Waals surface area (Å²) in [5.74, 6) is 0.686. The Hall–Kier alpha value is -5.22. The average Bonchev–Trinajstić information content (AvgIpc) is 3.54. The molecular formula is C38H25N3O. The molecule has 0 radical (unpaired) electrons. The van der Waals surface area contributed by atoms with Crippen LogP contribution in [-0.2, 0) is 25.7 Å². The second-order valence-corrected chi connectivity index (χ2v) is 11.7. The monoisotopic (exact) mass is 539 g/mol. The number of benzene rings is 5. The van der Waals surface area contributed by atoms with Crippen LogP contribution in [0, 0.1) is 0 Å². The summed E-state index contributed by atoms with van der Waals surface area (Å²) in [5.41, 5.74) is 13.9. The molecule has 4 heteroatoms. The minimum absolute atomic E-state index is 0.686. The molecule has 0 unspecified atom stereocenters. The van der Waals surface area contributed by atoms with E-state index in [1.165, 1.54) is 43.8 Å². The molecule has 0 bridgehead atoms. The van der Waals surface area contributed by atoms with Crippen molar-refractivity contribution in [3.8, 4) is 28.5 Å². The van der Waals surface area contributed by atoms with Gasteiger partial charge in [-0.25, -0.2) is 9.97 Å². The summed E-state index contributed by atoms with van der Waals surface area (Å²) in [4.78, 5) is 10.5. The molecule has 3 aromatic heterocycles. The van der Waals surface area contributed by atoms with Gasteiger partial charge >= 0.3 is 0 Å². The number of hydrogen-bond acceptors (Lipinski definition) is 3. The standard InChI is InChI=1S/C38H25N3O/c1-3-7-22(8-4-1)30-21-31(23-9-5-2-6-10-23)40-38(39-30)41-32-15-16-34-37(29-18-25-12-14-27(25)20-35(29)42-34)36(32)28-17-24-11-13-26(24)19-33(28)41/h1-10,15-21H,11-14H2. The van der Waals surface area contributed by atoms with Crippen molar-refractivity contribution in [2.45, 2.75) is 25.7 Å². The Labute approximate surface area is 241 Å². The molecule has 0 spiro atoms. The molecule has 3 heterocycles. The van der Waals surface area contributed by atoms with Crippen molar-refractivity contribution < 1.29 is 4.42 Å².